The van der Waals surface area contributed by atoms with Gasteiger partial charge < -0.3 is 5.11 Å². The van der Waals surface area contributed by atoms with Crippen LogP contribution < -0.4 is 0 Å². The molecule has 1 aliphatic rings. The van der Waals surface area contributed by atoms with E-state index in [9.17, 15) is 14.7 Å². The van der Waals surface area contributed by atoms with E-state index in [1.807, 2.05) is 0 Å². The Hall–Kier alpha value is -1.84. The summed E-state index contributed by atoms with van der Waals surface area (Å²) in [5.41, 5.74) is 1.15. The van der Waals surface area contributed by atoms with Gasteiger partial charge in [-0.1, -0.05) is 6.07 Å². The standard InChI is InChI=1S/C10H9NO3/c1-5-3-4-6(12)8-7(5)9(13)11(2)10(8)14/h3-4,12H,1-2H3. The third-order valence-corrected chi connectivity index (χ3v) is 2.43. The van der Waals surface area contributed by atoms with E-state index in [2.05, 4.69) is 0 Å². The molecule has 1 aromatic rings. The quantitative estimate of drug-likeness (QED) is 0.620. The minimum absolute atomic E-state index is 0.123. The van der Waals surface area contributed by atoms with Gasteiger partial charge in [0.2, 0.25) is 0 Å². The molecule has 1 aliphatic heterocycles. The summed E-state index contributed by atoms with van der Waals surface area (Å²) in [5, 5.41) is 9.46. The largest absolute Gasteiger partial charge is 0.507 e. The van der Waals surface area contributed by atoms with Gasteiger partial charge in [0.05, 0.1) is 11.1 Å². The number of hydrogen-bond acceptors (Lipinski definition) is 3. The average molecular weight is 191 g/mol. The number of imide groups is 1. The minimum atomic E-state index is -0.439. The second-order valence-electron chi connectivity index (χ2n) is 3.32. The van der Waals surface area contributed by atoms with Crippen LogP contribution in [0.25, 0.3) is 0 Å². The molecule has 2 rings (SSSR count). The molecule has 0 bridgehead atoms. The molecule has 4 heteroatoms. The van der Waals surface area contributed by atoms with Crippen molar-refractivity contribution < 1.29 is 14.7 Å². The lowest BCUT2D eigenvalue weighted by Gasteiger charge is -2.03. The summed E-state index contributed by atoms with van der Waals surface area (Å²) in [7, 11) is 1.41. The summed E-state index contributed by atoms with van der Waals surface area (Å²) in [5.74, 6) is -0.919. The second-order valence-corrected chi connectivity index (χ2v) is 3.32. The Balaban J connectivity index is 2.80. The van der Waals surface area contributed by atoms with Crippen LogP contribution in [0.2, 0.25) is 0 Å². The zero-order valence-corrected chi connectivity index (χ0v) is 7.87. The van der Waals surface area contributed by atoms with Crippen molar-refractivity contribution in [1.29, 1.82) is 0 Å². The van der Waals surface area contributed by atoms with Crippen LogP contribution in [0, 0.1) is 6.92 Å². The molecule has 1 heterocycles. The fourth-order valence-corrected chi connectivity index (χ4v) is 1.62. The second kappa shape index (κ2) is 2.57. The summed E-state index contributed by atoms with van der Waals surface area (Å²) in [4.78, 5) is 24.1. The van der Waals surface area contributed by atoms with Gasteiger partial charge in [-0.2, -0.15) is 0 Å². The van der Waals surface area contributed by atoms with Crippen molar-refractivity contribution in [3.8, 4) is 5.75 Å². The van der Waals surface area contributed by atoms with E-state index in [1.54, 1.807) is 13.0 Å². The first-order valence-corrected chi connectivity index (χ1v) is 4.19. The summed E-state index contributed by atoms with van der Waals surface area (Å²) >= 11 is 0. The Labute approximate surface area is 80.8 Å². The Kier molecular flexibility index (Phi) is 1.61. The monoisotopic (exact) mass is 191 g/mol. The minimum Gasteiger partial charge on any atom is -0.507 e. The van der Waals surface area contributed by atoms with E-state index in [4.69, 9.17) is 0 Å². The van der Waals surface area contributed by atoms with E-state index in [-0.39, 0.29) is 17.2 Å². The molecule has 2 amide bonds. The van der Waals surface area contributed by atoms with Gasteiger partial charge in [0, 0.05) is 7.05 Å². The summed E-state index contributed by atoms with van der Waals surface area (Å²) < 4.78 is 0. The highest BCUT2D eigenvalue weighted by atomic mass is 16.3. The number of phenols is 1. The molecule has 4 nitrogen and oxygen atoms in total. The van der Waals surface area contributed by atoms with Crippen LogP contribution in [0.3, 0.4) is 0 Å². The van der Waals surface area contributed by atoms with Gasteiger partial charge in [-0.05, 0) is 18.6 Å². The molecule has 0 fully saturated rings. The molecule has 0 spiro atoms. The van der Waals surface area contributed by atoms with Gasteiger partial charge in [-0.15, -0.1) is 0 Å². The fourth-order valence-electron chi connectivity index (χ4n) is 1.62. The Morgan fingerprint density at radius 1 is 1.14 bits per heavy atom. The summed E-state index contributed by atoms with van der Waals surface area (Å²) in [6, 6.07) is 3.05. The molecular weight excluding hydrogens is 182 g/mol. The molecule has 0 aromatic heterocycles. The van der Waals surface area contributed by atoms with Crippen LogP contribution in [0.4, 0.5) is 0 Å². The van der Waals surface area contributed by atoms with E-state index in [1.165, 1.54) is 13.1 Å². The van der Waals surface area contributed by atoms with Crippen molar-refractivity contribution in [2.24, 2.45) is 0 Å². The predicted molar refractivity (Wildman–Crippen MR) is 49.3 cm³/mol. The highest BCUT2D eigenvalue weighted by molar-refractivity contribution is 6.23. The van der Waals surface area contributed by atoms with Crippen LogP contribution in [0.5, 0.6) is 5.75 Å². The maximum Gasteiger partial charge on any atom is 0.265 e. The van der Waals surface area contributed by atoms with Crippen molar-refractivity contribution in [2.75, 3.05) is 7.05 Å². The number of aromatic hydroxyl groups is 1. The van der Waals surface area contributed by atoms with Crippen molar-refractivity contribution in [3.63, 3.8) is 0 Å². The number of hydrogen-bond donors (Lipinski definition) is 1. The highest BCUT2D eigenvalue weighted by Crippen LogP contribution is 2.31. The van der Waals surface area contributed by atoms with Crippen LogP contribution >= 0.6 is 0 Å². The third kappa shape index (κ3) is 0.878. The normalized spacial score (nSPS) is 14.9. The lowest BCUT2D eigenvalue weighted by Crippen LogP contribution is -2.24. The van der Waals surface area contributed by atoms with Gasteiger partial charge >= 0.3 is 0 Å². The molecule has 1 N–H and O–H groups in total. The predicted octanol–water partition coefficient (Wildman–Crippen LogP) is 0.926. The Morgan fingerprint density at radius 2 is 1.71 bits per heavy atom. The van der Waals surface area contributed by atoms with Crippen LogP contribution in [-0.4, -0.2) is 28.9 Å². The van der Waals surface area contributed by atoms with Crippen LogP contribution in [-0.2, 0) is 0 Å². The molecule has 0 saturated carbocycles. The third-order valence-electron chi connectivity index (χ3n) is 2.43. The molecule has 0 aliphatic carbocycles. The molecule has 72 valence electrons. The lowest BCUT2D eigenvalue weighted by molar-refractivity contribution is 0.0692. The van der Waals surface area contributed by atoms with Gasteiger partial charge in [0.1, 0.15) is 5.75 Å². The van der Waals surface area contributed by atoms with Gasteiger partial charge in [-0.25, -0.2) is 0 Å². The first-order chi connectivity index (χ1) is 6.54. The number of benzene rings is 1. The molecular formula is C10H9NO3. The number of carbonyl (C=O) groups excluding carboxylic acids is 2. The number of carbonyl (C=O) groups is 2. The maximum atomic E-state index is 11.6. The van der Waals surface area contributed by atoms with Gasteiger partial charge in [-0.3, -0.25) is 14.5 Å². The number of rotatable bonds is 0. The topological polar surface area (TPSA) is 57.6 Å². The smallest absolute Gasteiger partial charge is 0.265 e. The Morgan fingerprint density at radius 3 is 2.29 bits per heavy atom. The van der Waals surface area contributed by atoms with Crippen LogP contribution in [0.15, 0.2) is 12.1 Å². The number of nitrogens with zero attached hydrogens (tertiary/aromatic N) is 1. The highest BCUT2D eigenvalue weighted by Gasteiger charge is 2.36. The van der Waals surface area contributed by atoms with Crippen molar-refractivity contribution >= 4 is 11.8 Å². The Bertz CT molecular complexity index is 410. The zero-order chi connectivity index (χ0) is 10.5. The van der Waals surface area contributed by atoms with Crippen molar-refractivity contribution in [2.45, 2.75) is 6.92 Å². The summed E-state index contributed by atoms with van der Waals surface area (Å²) in [6.45, 7) is 1.74. The first kappa shape index (κ1) is 8.74. The number of fused-ring (bicyclic) bond motifs is 1. The van der Waals surface area contributed by atoms with Gasteiger partial charge in [0.15, 0.2) is 0 Å². The summed E-state index contributed by atoms with van der Waals surface area (Å²) in [6.07, 6.45) is 0. The number of aryl methyl sites for hydroxylation is 1. The average Bonchev–Trinajstić information content (AvgIpc) is 2.38. The molecule has 14 heavy (non-hydrogen) atoms. The zero-order valence-electron chi connectivity index (χ0n) is 7.87. The lowest BCUT2D eigenvalue weighted by atomic mass is 10.0. The van der Waals surface area contributed by atoms with E-state index < -0.39 is 5.91 Å². The van der Waals surface area contributed by atoms with E-state index in [0.717, 1.165) is 4.90 Å². The molecule has 0 saturated heterocycles. The van der Waals surface area contributed by atoms with Crippen molar-refractivity contribution in [1.82, 2.24) is 4.90 Å². The maximum absolute atomic E-state index is 11.6. The molecule has 0 unspecified atom stereocenters. The van der Waals surface area contributed by atoms with E-state index in [0.29, 0.717) is 11.1 Å². The van der Waals surface area contributed by atoms with E-state index >= 15 is 0 Å². The molecule has 0 atom stereocenters. The molecule has 1 aromatic carbocycles. The van der Waals surface area contributed by atoms with Crippen LogP contribution in [0.1, 0.15) is 26.3 Å². The SMILES string of the molecule is Cc1ccc(O)c2c1C(=O)N(C)C2=O. The van der Waals surface area contributed by atoms with Crippen molar-refractivity contribution in [3.05, 3.63) is 28.8 Å². The number of amides is 2. The first-order valence-electron chi connectivity index (χ1n) is 4.19. The molecule has 0 radical (unpaired) electrons. The fraction of sp³-hybridized carbons (Fsp3) is 0.200. The van der Waals surface area contributed by atoms with Gasteiger partial charge in [0.25, 0.3) is 11.8 Å². The number of phenolic OH excluding ortho intramolecular Hbond substituents is 1.